The van der Waals surface area contributed by atoms with E-state index in [2.05, 4.69) is 23.5 Å². The van der Waals surface area contributed by atoms with Gasteiger partial charge in [0.25, 0.3) is 0 Å². The SMILES string of the molecule is COc1ccc(OC)c2c1NC(c1cccc(Cl)c1)C1CC=CC21. The van der Waals surface area contributed by atoms with Crippen molar-refractivity contribution in [2.24, 2.45) is 5.92 Å². The van der Waals surface area contributed by atoms with E-state index in [1.807, 2.05) is 30.3 Å². The Morgan fingerprint density at radius 2 is 1.88 bits per heavy atom. The normalized spacial score (nSPS) is 24.0. The van der Waals surface area contributed by atoms with Gasteiger partial charge in [-0.3, -0.25) is 0 Å². The summed E-state index contributed by atoms with van der Waals surface area (Å²) in [6, 6.07) is 12.2. The molecule has 0 bridgehead atoms. The molecule has 4 heteroatoms. The van der Waals surface area contributed by atoms with Crippen LogP contribution < -0.4 is 14.8 Å². The van der Waals surface area contributed by atoms with E-state index in [1.54, 1.807) is 14.2 Å². The van der Waals surface area contributed by atoms with Crippen LogP contribution in [0.3, 0.4) is 0 Å². The van der Waals surface area contributed by atoms with Crippen LogP contribution in [0.1, 0.15) is 29.5 Å². The van der Waals surface area contributed by atoms with Gasteiger partial charge >= 0.3 is 0 Å². The highest BCUT2D eigenvalue weighted by Gasteiger charge is 2.40. The zero-order valence-electron chi connectivity index (χ0n) is 13.8. The van der Waals surface area contributed by atoms with Crippen molar-refractivity contribution < 1.29 is 9.47 Å². The van der Waals surface area contributed by atoms with Crippen LogP contribution in [0.2, 0.25) is 5.02 Å². The predicted octanol–water partition coefficient (Wildman–Crippen LogP) is 5.18. The summed E-state index contributed by atoms with van der Waals surface area (Å²) in [6.07, 6.45) is 5.60. The maximum absolute atomic E-state index is 6.23. The van der Waals surface area contributed by atoms with E-state index in [4.69, 9.17) is 21.1 Å². The van der Waals surface area contributed by atoms with Gasteiger partial charge in [-0.2, -0.15) is 0 Å². The fraction of sp³-hybridized carbons (Fsp3) is 0.300. The largest absolute Gasteiger partial charge is 0.496 e. The standard InChI is InChI=1S/C20H20ClNO2/c1-23-16-9-10-17(24-2)20-18(16)14-7-4-8-15(14)19(22-20)12-5-3-6-13(21)11-12/h3-7,9-11,14-15,19,22H,8H2,1-2H3. The summed E-state index contributed by atoms with van der Waals surface area (Å²) in [5.74, 6) is 2.51. The molecule has 0 saturated carbocycles. The molecule has 2 aromatic carbocycles. The number of allylic oxidation sites excluding steroid dienone is 2. The molecule has 3 unspecified atom stereocenters. The van der Waals surface area contributed by atoms with Gasteiger partial charge in [0.15, 0.2) is 0 Å². The third-order valence-electron chi connectivity index (χ3n) is 5.09. The first-order chi connectivity index (χ1) is 11.7. The summed E-state index contributed by atoms with van der Waals surface area (Å²) in [7, 11) is 3.42. The monoisotopic (exact) mass is 341 g/mol. The lowest BCUT2D eigenvalue weighted by Gasteiger charge is -2.38. The molecular weight excluding hydrogens is 322 g/mol. The van der Waals surface area contributed by atoms with E-state index in [9.17, 15) is 0 Å². The molecule has 24 heavy (non-hydrogen) atoms. The number of ether oxygens (including phenoxy) is 2. The Morgan fingerprint density at radius 3 is 2.62 bits per heavy atom. The van der Waals surface area contributed by atoms with E-state index in [0.717, 1.165) is 28.6 Å². The zero-order chi connectivity index (χ0) is 16.7. The molecule has 2 aromatic rings. The average Bonchev–Trinajstić information content (AvgIpc) is 3.09. The van der Waals surface area contributed by atoms with Crippen LogP contribution in [0.25, 0.3) is 0 Å². The quantitative estimate of drug-likeness (QED) is 0.780. The molecule has 1 aliphatic carbocycles. The van der Waals surface area contributed by atoms with Crippen LogP contribution in [0.15, 0.2) is 48.6 Å². The lowest BCUT2D eigenvalue weighted by atomic mass is 9.76. The lowest BCUT2D eigenvalue weighted by molar-refractivity contribution is 0.370. The minimum atomic E-state index is 0.192. The third-order valence-corrected chi connectivity index (χ3v) is 5.32. The van der Waals surface area contributed by atoms with Gasteiger partial charge in [-0.1, -0.05) is 35.9 Å². The molecule has 0 saturated heterocycles. The summed E-state index contributed by atoms with van der Waals surface area (Å²) >= 11 is 6.23. The number of benzene rings is 2. The number of hydrogen-bond acceptors (Lipinski definition) is 3. The Morgan fingerprint density at radius 1 is 1.08 bits per heavy atom. The fourth-order valence-electron chi connectivity index (χ4n) is 4.03. The van der Waals surface area contributed by atoms with Crippen molar-refractivity contribution >= 4 is 17.3 Å². The Kier molecular flexibility index (Phi) is 3.89. The van der Waals surface area contributed by atoms with Crippen molar-refractivity contribution in [1.29, 1.82) is 0 Å². The molecule has 0 spiro atoms. The molecular formula is C20H20ClNO2. The second-order valence-electron chi connectivity index (χ2n) is 6.29. The van der Waals surface area contributed by atoms with Crippen LogP contribution in [-0.4, -0.2) is 14.2 Å². The van der Waals surface area contributed by atoms with Crippen molar-refractivity contribution in [3.05, 3.63) is 64.7 Å². The summed E-state index contributed by atoms with van der Waals surface area (Å²) in [5.41, 5.74) is 3.42. The van der Waals surface area contributed by atoms with Crippen molar-refractivity contribution in [3.63, 3.8) is 0 Å². The Balaban J connectivity index is 1.86. The summed E-state index contributed by atoms with van der Waals surface area (Å²) in [5, 5.41) is 4.47. The van der Waals surface area contributed by atoms with E-state index in [0.29, 0.717) is 11.8 Å². The molecule has 0 radical (unpaired) electrons. The van der Waals surface area contributed by atoms with Gasteiger partial charge in [-0.05, 0) is 42.2 Å². The molecule has 1 aliphatic heterocycles. The van der Waals surface area contributed by atoms with Crippen LogP contribution >= 0.6 is 11.6 Å². The Hall–Kier alpha value is -2.13. The Bertz CT molecular complexity index is 802. The number of nitrogens with one attached hydrogen (secondary N) is 1. The second-order valence-corrected chi connectivity index (χ2v) is 6.73. The minimum absolute atomic E-state index is 0.192. The number of hydrogen-bond donors (Lipinski definition) is 1. The van der Waals surface area contributed by atoms with Crippen LogP contribution in [0, 0.1) is 5.92 Å². The molecule has 124 valence electrons. The maximum atomic E-state index is 6.23. The number of fused-ring (bicyclic) bond motifs is 3. The summed E-state index contributed by atoms with van der Waals surface area (Å²) in [6.45, 7) is 0. The lowest BCUT2D eigenvalue weighted by Crippen LogP contribution is -2.29. The summed E-state index contributed by atoms with van der Waals surface area (Å²) < 4.78 is 11.2. The van der Waals surface area contributed by atoms with Gasteiger partial charge in [-0.15, -0.1) is 0 Å². The molecule has 1 N–H and O–H groups in total. The highest BCUT2D eigenvalue weighted by molar-refractivity contribution is 6.30. The highest BCUT2D eigenvalue weighted by atomic mass is 35.5. The van der Waals surface area contributed by atoms with Crippen molar-refractivity contribution in [3.8, 4) is 11.5 Å². The van der Waals surface area contributed by atoms with Crippen LogP contribution in [0.5, 0.6) is 11.5 Å². The Labute approximate surface area is 147 Å². The molecule has 3 atom stereocenters. The fourth-order valence-corrected chi connectivity index (χ4v) is 4.23. The number of rotatable bonds is 3. The molecule has 0 aromatic heterocycles. The van der Waals surface area contributed by atoms with Gasteiger partial charge in [0.2, 0.25) is 0 Å². The van der Waals surface area contributed by atoms with E-state index >= 15 is 0 Å². The maximum Gasteiger partial charge on any atom is 0.142 e. The van der Waals surface area contributed by atoms with E-state index in [1.165, 1.54) is 11.1 Å². The smallest absolute Gasteiger partial charge is 0.142 e. The number of methoxy groups -OCH3 is 2. The average molecular weight is 342 g/mol. The molecule has 1 heterocycles. The van der Waals surface area contributed by atoms with Crippen molar-refractivity contribution in [2.45, 2.75) is 18.4 Å². The van der Waals surface area contributed by atoms with Gasteiger partial charge in [-0.25, -0.2) is 0 Å². The third kappa shape index (κ3) is 2.35. The first-order valence-electron chi connectivity index (χ1n) is 8.16. The van der Waals surface area contributed by atoms with E-state index in [-0.39, 0.29) is 6.04 Å². The van der Waals surface area contributed by atoms with Gasteiger partial charge in [0, 0.05) is 16.5 Å². The van der Waals surface area contributed by atoms with E-state index < -0.39 is 0 Å². The topological polar surface area (TPSA) is 30.5 Å². The van der Waals surface area contributed by atoms with Gasteiger partial charge in [0.1, 0.15) is 11.5 Å². The highest BCUT2D eigenvalue weighted by Crippen LogP contribution is 2.55. The molecule has 0 fully saturated rings. The first kappa shape index (κ1) is 15.4. The van der Waals surface area contributed by atoms with Crippen molar-refractivity contribution in [1.82, 2.24) is 0 Å². The minimum Gasteiger partial charge on any atom is -0.496 e. The predicted molar refractivity (Wildman–Crippen MR) is 97.3 cm³/mol. The van der Waals surface area contributed by atoms with Gasteiger partial charge < -0.3 is 14.8 Å². The van der Waals surface area contributed by atoms with Crippen LogP contribution in [0.4, 0.5) is 5.69 Å². The first-order valence-corrected chi connectivity index (χ1v) is 8.54. The number of halogens is 1. The summed E-state index contributed by atoms with van der Waals surface area (Å²) in [4.78, 5) is 0. The molecule has 2 aliphatic rings. The molecule has 4 rings (SSSR count). The molecule has 3 nitrogen and oxygen atoms in total. The van der Waals surface area contributed by atoms with Gasteiger partial charge in [0.05, 0.1) is 25.9 Å². The zero-order valence-corrected chi connectivity index (χ0v) is 14.5. The van der Waals surface area contributed by atoms with Crippen molar-refractivity contribution in [2.75, 3.05) is 19.5 Å². The number of anilines is 1. The second kappa shape index (κ2) is 6.06. The molecule has 0 amide bonds. The van der Waals surface area contributed by atoms with Crippen LogP contribution in [-0.2, 0) is 0 Å².